The first-order valence-electron chi connectivity index (χ1n) is 5.29. The van der Waals surface area contributed by atoms with Crippen LogP contribution < -0.4 is 0 Å². The van der Waals surface area contributed by atoms with E-state index in [1.54, 1.807) is 0 Å². The van der Waals surface area contributed by atoms with Crippen LogP contribution in [-0.2, 0) is 4.74 Å². The molecule has 13 heavy (non-hydrogen) atoms. The fourth-order valence-corrected chi connectivity index (χ4v) is 1.01. The molecule has 0 unspecified atom stereocenters. The van der Waals surface area contributed by atoms with Crippen LogP contribution in [0.4, 0.5) is 0 Å². The second-order valence-electron chi connectivity index (χ2n) is 3.17. The molecule has 0 spiro atoms. The molecule has 76 valence electrons. The van der Waals surface area contributed by atoms with E-state index >= 15 is 0 Å². The van der Waals surface area contributed by atoms with Gasteiger partial charge in [-0.3, -0.25) is 0 Å². The minimum absolute atomic E-state index is 1.03. The van der Waals surface area contributed by atoms with Gasteiger partial charge < -0.3 is 4.74 Å². The van der Waals surface area contributed by atoms with E-state index in [1.807, 2.05) is 13.2 Å². The number of rotatable bonds is 10. The standard InChI is InChI=1S/C12H22O/c1-3-5-7-9-11-13-12-10-8-6-4-2/h11-12H,1-10H2. The highest BCUT2D eigenvalue weighted by atomic mass is 16.5. The predicted octanol–water partition coefficient (Wildman–Crippen LogP) is 4.12. The van der Waals surface area contributed by atoms with Gasteiger partial charge in [-0.2, -0.15) is 0 Å². The summed E-state index contributed by atoms with van der Waals surface area (Å²) in [6.45, 7) is 11.3. The maximum atomic E-state index is 5.24. The van der Waals surface area contributed by atoms with Gasteiger partial charge in [0, 0.05) is 0 Å². The molecule has 0 aliphatic carbocycles. The lowest BCUT2D eigenvalue weighted by Crippen LogP contribution is -1.86. The highest BCUT2D eigenvalue weighted by molar-refractivity contribution is 4.58. The van der Waals surface area contributed by atoms with E-state index < -0.39 is 0 Å². The first-order valence-corrected chi connectivity index (χ1v) is 5.29. The molecule has 4 radical (unpaired) electrons. The van der Waals surface area contributed by atoms with Crippen molar-refractivity contribution in [3.05, 3.63) is 27.1 Å². The third-order valence-corrected chi connectivity index (χ3v) is 1.84. The van der Waals surface area contributed by atoms with Crippen LogP contribution in [0.2, 0.25) is 0 Å². The number of hydrogen-bond donors (Lipinski definition) is 0. The van der Waals surface area contributed by atoms with Crippen molar-refractivity contribution in [1.82, 2.24) is 0 Å². The zero-order valence-corrected chi connectivity index (χ0v) is 8.63. The van der Waals surface area contributed by atoms with Crippen LogP contribution in [-0.4, -0.2) is 0 Å². The summed E-state index contributed by atoms with van der Waals surface area (Å²) in [7, 11) is 0. The summed E-state index contributed by atoms with van der Waals surface area (Å²) in [5.74, 6) is 0. The Morgan fingerprint density at radius 2 is 1.23 bits per heavy atom. The summed E-state index contributed by atoms with van der Waals surface area (Å²) >= 11 is 0. The van der Waals surface area contributed by atoms with E-state index in [4.69, 9.17) is 4.74 Å². The van der Waals surface area contributed by atoms with Crippen molar-refractivity contribution in [3.63, 3.8) is 0 Å². The monoisotopic (exact) mass is 182 g/mol. The SMILES string of the molecule is [CH2]CCCC[CH]O[CH]CCCC[CH2]. The molecule has 0 aliphatic rings. The van der Waals surface area contributed by atoms with Gasteiger partial charge in [-0.1, -0.05) is 52.4 Å². The van der Waals surface area contributed by atoms with Crippen molar-refractivity contribution in [2.24, 2.45) is 0 Å². The zero-order valence-electron chi connectivity index (χ0n) is 8.63. The molecule has 0 aliphatic heterocycles. The molecule has 0 aromatic rings. The normalized spacial score (nSPS) is 10.6. The Hall–Kier alpha value is -0.0400. The molecule has 0 rings (SSSR count). The van der Waals surface area contributed by atoms with Crippen LogP contribution in [0.3, 0.4) is 0 Å². The summed E-state index contributed by atoms with van der Waals surface area (Å²) in [6, 6.07) is 0. The Balaban J connectivity index is 2.76. The van der Waals surface area contributed by atoms with Crippen LogP contribution in [0.25, 0.3) is 0 Å². The number of ether oxygens (including phenoxy) is 1. The van der Waals surface area contributed by atoms with Crippen molar-refractivity contribution < 1.29 is 4.74 Å². The van der Waals surface area contributed by atoms with Gasteiger partial charge in [-0.05, 0) is 12.8 Å². The minimum Gasteiger partial charge on any atom is -0.370 e. The first kappa shape index (κ1) is 13.0. The molecule has 1 nitrogen and oxygen atoms in total. The lowest BCUT2D eigenvalue weighted by Gasteiger charge is -2.01. The molecule has 1 heteroatoms. The van der Waals surface area contributed by atoms with E-state index in [2.05, 4.69) is 13.8 Å². The molecule has 0 saturated heterocycles. The first-order chi connectivity index (χ1) is 6.41. The number of hydrogen-bond acceptors (Lipinski definition) is 1. The molecular weight excluding hydrogens is 160 g/mol. The molecule has 0 bridgehead atoms. The van der Waals surface area contributed by atoms with Crippen LogP contribution in [0.5, 0.6) is 0 Å². The van der Waals surface area contributed by atoms with Gasteiger partial charge in [-0.25, -0.2) is 0 Å². The third-order valence-electron chi connectivity index (χ3n) is 1.84. The second kappa shape index (κ2) is 12.0. The molecule has 0 heterocycles. The Kier molecular flexibility index (Phi) is 11.9. The molecule has 0 atom stereocenters. The van der Waals surface area contributed by atoms with Crippen molar-refractivity contribution in [2.75, 3.05) is 0 Å². The van der Waals surface area contributed by atoms with E-state index in [0.29, 0.717) is 0 Å². The van der Waals surface area contributed by atoms with Gasteiger partial charge in [-0.15, -0.1) is 0 Å². The fourth-order valence-electron chi connectivity index (χ4n) is 1.01. The van der Waals surface area contributed by atoms with E-state index in [9.17, 15) is 0 Å². The van der Waals surface area contributed by atoms with E-state index in [0.717, 1.165) is 25.7 Å². The Morgan fingerprint density at radius 1 is 0.769 bits per heavy atom. The molecule has 0 aromatic carbocycles. The lowest BCUT2D eigenvalue weighted by molar-refractivity contribution is 0.249. The highest BCUT2D eigenvalue weighted by Crippen LogP contribution is 2.06. The quantitative estimate of drug-likeness (QED) is 0.462. The summed E-state index contributed by atoms with van der Waals surface area (Å²) in [4.78, 5) is 0. The topological polar surface area (TPSA) is 9.23 Å². The number of unbranched alkanes of at least 4 members (excludes halogenated alkanes) is 6. The Bertz CT molecular complexity index is 71.2. The maximum absolute atomic E-state index is 5.24. The largest absolute Gasteiger partial charge is 0.370 e. The molecule has 0 aromatic heterocycles. The van der Waals surface area contributed by atoms with E-state index in [-0.39, 0.29) is 0 Å². The van der Waals surface area contributed by atoms with Gasteiger partial charge in [0.25, 0.3) is 0 Å². The summed E-state index contributed by atoms with van der Waals surface area (Å²) < 4.78 is 5.24. The van der Waals surface area contributed by atoms with Gasteiger partial charge in [0.1, 0.15) is 0 Å². The lowest BCUT2D eigenvalue weighted by atomic mass is 10.2. The van der Waals surface area contributed by atoms with Crippen molar-refractivity contribution >= 4 is 0 Å². The molecule has 0 amide bonds. The van der Waals surface area contributed by atoms with Crippen LogP contribution in [0.1, 0.15) is 51.4 Å². The van der Waals surface area contributed by atoms with Crippen LogP contribution in [0, 0.1) is 27.1 Å². The van der Waals surface area contributed by atoms with Crippen LogP contribution in [0.15, 0.2) is 0 Å². The average Bonchev–Trinajstić information content (AvgIpc) is 2.16. The van der Waals surface area contributed by atoms with Gasteiger partial charge in [0.15, 0.2) is 0 Å². The molecular formula is C12H22O. The smallest absolute Gasteiger partial charge is 0.0841 e. The Morgan fingerprint density at radius 3 is 1.62 bits per heavy atom. The maximum Gasteiger partial charge on any atom is 0.0841 e. The molecule has 0 N–H and O–H groups in total. The van der Waals surface area contributed by atoms with Crippen molar-refractivity contribution in [1.29, 1.82) is 0 Å². The second-order valence-corrected chi connectivity index (χ2v) is 3.17. The average molecular weight is 182 g/mol. The van der Waals surface area contributed by atoms with Gasteiger partial charge in [0.2, 0.25) is 0 Å². The predicted molar refractivity (Wildman–Crippen MR) is 57.3 cm³/mol. The highest BCUT2D eigenvalue weighted by Gasteiger charge is 1.91. The van der Waals surface area contributed by atoms with Gasteiger partial charge in [0.05, 0.1) is 13.2 Å². The summed E-state index contributed by atoms with van der Waals surface area (Å²) in [6.07, 6.45) is 8.92. The molecule has 0 saturated carbocycles. The fraction of sp³-hybridized carbons (Fsp3) is 0.667. The minimum atomic E-state index is 1.03. The van der Waals surface area contributed by atoms with Crippen molar-refractivity contribution in [2.45, 2.75) is 51.4 Å². The zero-order chi connectivity index (χ0) is 9.78. The van der Waals surface area contributed by atoms with E-state index in [1.165, 1.54) is 25.7 Å². The third kappa shape index (κ3) is 12.0. The van der Waals surface area contributed by atoms with Crippen molar-refractivity contribution in [3.8, 4) is 0 Å². The Labute approximate surface area is 83.9 Å². The van der Waals surface area contributed by atoms with Crippen LogP contribution >= 0.6 is 0 Å². The summed E-state index contributed by atoms with van der Waals surface area (Å²) in [5.41, 5.74) is 0. The molecule has 0 fully saturated rings. The van der Waals surface area contributed by atoms with Gasteiger partial charge >= 0.3 is 0 Å². The summed E-state index contributed by atoms with van der Waals surface area (Å²) in [5, 5.41) is 0.